The van der Waals surface area contributed by atoms with E-state index in [0.717, 1.165) is 12.0 Å². The Kier molecular flexibility index (Phi) is 1.10. The summed E-state index contributed by atoms with van der Waals surface area (Å²) in [7, 11) is 0. The van der Waals surface area contributed by atoms with Gasteiger partial charge in [-0.2, -0.15) is 4.89 Å². The second kappa shape index (κ2) is 1.61. The summed E-state index contributed by atoms with van der Waals surface area (Å²) in [5, 5.41) is 3.91. The molecule has 0 spiro atoms. The summed E-state index contributed by atoms with van der Waals surface area (Å²) >= 11 is 1.13. The van der Waals surface area contributed by atoms with Gasteiger partial charge in [0.25, 0.3) is 0 Å². The Morgan fingerprint density at radius 3 is 2.80 bits per heavy atom. The quantitative estimate of drug-likeness (QED) is 0.322. The lowest BCUT2D eigenvalue weighted by atomic mass is 11.7. The molecule has 1 heterocycles. The van der Waals surface area contributed by atoms with Gasteiger partial charge in [-0.05, 0) is 0 Å². The van der Waals surface area contributed by atoms with Crippen LogP contribution in [0.1, 0.15) is 0 Å². The standard InChI is InChI=1S/CH2O3S/c1-2-3-4-5-1/h1H2. The summed E-state index contributed by atoms with van der Waals surface area (Å²) < 4.78 is 4.14. The van der Waals surface area contributed by atoms with E-state index in [-0.39, 0.29) is 0 Å². The van der Waals surface area contributed by atoms with Crippen LogP contribution in [0.15, 0.2) is 0 Å². The first-order chi connectivity index (χ1) is 2.50. The van der Waals surface area contributed by atoms with Crippen LogP contribution in [0.25, 0.3) is 0 Å². The van der Waals surface area contributed by atoms with Gasteiger partial charge in [-0.25, -0.2) is 0 Å². The van der Waals surface area contributed by atoms with E-state index >= 15 is 0 Å². The largest absolute Gasteiger partial charge is 0.192 e. The molecule has 0 unspecified atom stereocenters. The minimum atomic E-state index is 0.472. The van der Waals surface area contributed by atoms with Gasteiger partial charge in [0, 0.05) is 0 Å². The van der Waals surface area contributed by atoms with Crippen LogP contribution in [-0.4, -0.2) is 5.94 Å². The fourth-order valence-corrected chi connectivity index (χ4v) is 0.295. The Morgan fingerprint density at radius 2 is 2.60 bits per heavy atom. The first-order valence-electron chi connectivity index (χ1n) is 1.08. The van der Waals surface area contributed by atoms with Crippen molar-refractivity contribution in [2.75, 3.05) is 5.94 Å². The minimum Gasteiger partial charge on any atom is -0.192 e. The van der Waals surface area contributed by atoms with Crippen LogP contribution < -0.4 is 0 Å². The topological polar surface area (TPSA) is 27.7 Å². The summed E-state index contributed by atoms with van der Waals surface area (Å²) in [5.41, 5.74) is 0. The first kappa shape index (κ1) is 3.42. The molecule has 0 aromatic heterocycles. The van der Waals surface area contributed by atoms with Crippen LogP contribution in [0.3, 0.4) is 0 Å². The Hall–Kier alpha value is 0.230. The van der Waals surface area contributed by atoms with E-state index < -0.39 is 0 Å². The van der Waals surface area contributed by atoms with Gasteiger partial charge in [0.15, 0.2) is 5.94 Å². The number of hydrogen-bond donors (Lipinski definition) is 0. The molecule has 0 aliphatic carbocycles. The second-order valence-corrected chi connectivity index (χ2v) is 1.10. The molecule has 0 saturated carbocycles. The molecule has 30 valence electrons. The number of hydrogen-bond acceptors (Lipinski definition) is 4. The molecular formula is CH2O3S. The molecular weight excluding hydrogens is 92.1 g/mol. The van der Waals surface area contributed by atoms with Crippen molar-refractivity contribution in [1.82, 2.24) is 0 Å². The summed E-state index contributed by atoms with van der Waals surface area (Å²) in [5.74, 6) is 0.472. The predicted molar refractivity (Wildman–Crippen MR) is 15.7 cm³/mol. The third-order valence-corrected chi connectivity index (χ3v) is 0.564. The normalized spacial score (nSPS) is 24.0. The molecule has 5 heavy (non-hydrogen) atoms. The highest BCUT2D eigenvalue weighted by molar-refractivity contribution is 7.94. The highest BCUT2D eigenvalue weighted by Crippen LogP contribution is 2.10. The molecule has 0 atom stereocenters. The lowest BCUT2D eigenvalue weighted by Gasteiger charge is -1.72. The van der Waals surface area contributed by atoms with Gasteiger partial charge in [-0.3, -0.25) is 0 Å². The molecule has 3 nitrogen and oxygen atoms in total. The SMILES string of the molecule is C1OOOS1. The Morgan fingerprint density at radius 1 is 1.60 bits per heavy atom. The molecule has 4 heteroatoms. The smallest absolute Gasteiger partial charge is 0.160 e. The lowest BCUT2D eigenvalue weighted by Crippen LogP contribution is -1.71. The summed E-state index contributed by atoms with van der Waals surface area (Å²) in [6.45, 7) is 0. The number of rotatable bonds is 0. The van der Waals surface area contributed by atoms with Crippen LogP contribution in [-0.2, 0) is 14.3 Å². The predicted octanol–water partition coefficient (Wildman–Crippen LogP) is 0.485. The molecule has 1 aliphatic heterocycles. The van der Waals surface area contributed by atoms with Gasteiger partial charge in [0.2, 0.25) is 0 Å². The van der Waals surface area contributed by atoms with Crippen LogP contribution in [0.4, 0.5) is 0 Å². The lowest BCUT2D eigenvalue weighted by molar-refractivity contribution is -0.430. The molecule has 0 aromatic rings. The van der Waals surface area contributed by atoms with E-state index in [2.05, 4.69) is 14.3 Å². The second-order valence-electron chi connectivity index (χ2n) is 0.490. The molecule has 1 saturated heterocycles. The van der Waals surface area contributed by atoms with Gasteiger partial charge < -0.3 is 0 Å². The summed E-state index contributed by atoms with van der Waals surface area (Å²) in [6.07, 6.45) is 0. The summed E-state index contributed by atoms with van der Waals surface area (Å²) in [6, 6.07) is 0. The zero-order valence-corrected chi connectivity index (χ0v) is 3.16. The van der Waals surface area contributed by atoms with Crippen molar-refractivity contribution in [3.8, 4) is 0 Å². The molecule has 1 aliphatic rings. The third-order valence-electron chi connectivity index (χ3n) is 0.220. The van der Waals surface area contributed by atoms with Crippen molar-refractivity contribution in [2.24, 2.45) is 0 Å². The van der Waals surface area contributed by atoms with Gasteiger partial charge in [0.1, 0.15) is 0 Å². The maximum Gasteiger partial charge on any atom is 0.160 e. The zero-order chi connectivity index (χ0) is 3.54. The Labute approximate surface area is 33.3 Å². The molecule has 0 N–H and O–H groups in total. The van der Waals surface area contributed by atoms with Crippen LogP contribution >= 0.6 is 12.0 Å². The molecule has 1 rings (SSSR count). The van der Waals surface area contributed by atoms with Gasteiger partial charge in [-0.1, -0.05) is 5.04 Å². The van der Waals surface area contributed by atoms with Gasteiger partial charge >= 0.3 is 0 Å². The van der Waals surface area contributed by atoms with Crippen molar-refractivity contribution in [1.29, 1.82) is 0 Å². The van der Waals surface area contributed by atoms with E-state index in [1.807, 2.05) is 0 Å². The third kappa shape index (κ3) is 0.769. The molecule has 0 aromatic carbocycles. The zero-order valence-electron chi connectivity index (χ0n) is 2.34. The van der Waals surface area contributed by atoms with Crippen LogP contribution in [0.5, 0.6) is 0 Å². The molecule has 1 fully saturated rings. The minimum absolute atomic E-state index is 0.472. The monoisotopic (exact) mass is 94.0 g/mol. The van der Waals surface area contributed by atoms with Crippen LogP contribution in [0.2, 0.25) is 0 Å². The molecule has 0 bridgehead atoms. The van der Waals surface area contributed by atoms with Gasteiger partial charge in [-0.15, -0.1) is 4.33 Å². The maximum absolute atomic E-state index is 4.19. The van der Waals surface area contributed by atoms with Crippen molar-refractivity contribution in [3.05, 3.63) is 0 Å². The van der Waals surface area contributed by atoms with E-state index in [9.17, 15) is 0 Å². The average Bonchev–Trinajstić information content (AvgIpc) is 1.76. The fraction of sp³-hybridized carbons (Fsp3) is 1.00. The fourth-order valence-electron chi connectivity index (χ4n) is 0.0982. The summed E-state index contributed by atoms with van der Waals surface area (Å²) in [4.78, 5) is 4.19. The average molecular weight is 94.1 g/mol. The van der Waals surface area contributed by atoms with E-state index in [0.29, 0.717) is 5.94 Å². The van der Waals surface area contributed by atoms with Crippen molar-refractivity contribution >= 4 is 12.0 Å². The van der Waals surface area contributed by atoms with Crippen molar-refractivity contribution < 1.29 is 14.3 Å². The maximum atomic E-state index is 4.19. The molecule has 0 radical (unpaired) electrons. The Balaban J connectivity index is 2.08. The molecule has 0 amide bonds. The van der Waals surface area contributed by atoms with E-state index in [1.54, 1.807) is 0 Å². The Bertz CT molecular complexity index is 18.5. The van der Waals surface area contributed by atoms with Crippen LogP contribution in [0, 0.1) is 0 Å². The van der Waals surface area contributed by atoms with E-state index in [1.165, 1.54) is 0 Å². The highest BCUT2D eigenvalue weighted by atomic mass is 32.2. The van der Waals surface area contributed by atoms with Crippen molar-refractivity contribution in [3.63, 3.8) is 0 Å². The van der Waals surface area contributed by atoms with E-state index in [4.69, 9.17) is 0 Å². The van der Waals surface area contributed by atoms with Crippen molar-refractivity contribution in [2.45, 2.75) is 0 Å². The van der Waals surface area contributed by atoms with Gasteiger partial charge in [0.05, 0.1) is 12.0 Å². The first-order valence-corrected chi connectivity index (χ1v) is 1.99. The highest BCUT2D eigenvalue weighted by Gasteiger charge is 1.98.